The Hall–Kier alpha value is -1.79. The lowest BCUT2D eigenvalue weighted by molar-refractivity contribution is 0.881. The molecule has 18 heavy (non-hydrogen) atoms. The SMILES string of the molecule is Clc1ccc(-n2cccc2Sc2nn[nH]n2)cc1. The summed E-state index contributed by atoms with van der Waals surface area (Å²) in [5, 5.41) is 16.1. The van der Waals surface area contributed by atoms with Crippen molar-refractivity contribution in [2.45, 2.75) is 10.2 Å². The molecule has 0 aliphatic heterocycles. The number of H-pyrrole nitrogens is 1. The summed E-state index contributed by atoms with van der Waals surface area (Å²) in [6, 6.07) is 11.6. The van der Waals surface area contributed by atoms with Gasteiger partial charge in [0.15, 0.2) is 0 Å². The molecule has 5 nitrogen and oxygen atoms in total. The first-order chi connectivity index (χ1) is 8.83. The van der Waals surface area contributed by atoms with Gasteiger partial charge < -0.3 is 4.57 Å². The van der Waals surface area contributed by atoms with Crippen molar-refractivity contribution in [1.82, 2.24) is 25.2 Å². The Morgan fingerprint density at radius 2 is 2.00 bits per heavy atom. The van der Waals surface area contributed by atoms with Crippen LogP contribution in [0.15, 0.2) is 52.8 Å². The first-order valence-corrected chi connectivity index (χ1v) is 6.37. The van der Waals surface area contributed by atoms with Crippen molar-refractivity contribution in [2.75, 3.05) is 0 Å². The zero-order valence-corrected chi connectivity index (χ0v) is 10.7. The standard InChI is InChI=1S/C11H8ClN5S/c12-8-3-5-9(6-4-8)17-7-1-2-10(17)18-11-13-15-16-14-11/h1-7H,(H,13,14,15,16). The molecule has 0 aliphatic rings. The number of nitrogens with one attached hydrogen (secondary N) is 1. The maximum Gasteiger partial charge on any atom is 0.237 e. The maximum absolute atomic E-state index is 5.88. The third kappa shape index (κ3) is 2.25. The Morgan fingerprint density at radius 3 is 2.72 bits per heavy atom. The number of aromatic amines is 1. The van der Waals surface area contributed by atoms with Gasteiger partial charge in [0.25, 0.3) is 0 Å². The third-order valence-corrected chi connectivity index (χ3v) is 3.49. The number of tetrazole rings is 1. The molecule has 0 fully saturated rings. The number of hydrogen-bond donors (Lipinski definition) is 1. The number of aromatic nitrogens is 5. The van der Waals surface area contributed by atoms with Crippen LogP contribution in [0.3, 0.4) is 0 Å². The van der Waals surface area contributed by atoms with Crippen molar-refractivity contribution in [2.24, 2.45) is 0 Å². The molecule has 0 saturated carbocycles. The highest BCUT2D eigenvalue weighted by molar-refractivity contribution is 7.99. The molecule has 2 aromatic heterocycles. The zero-order chi connectivity index (χ0) is 12.4. The molecule has 0 radical (unpaired) electrons. The Bertz CT molecular complexity index is 632. The maximum atomic E-state index is 5.88. The normalized spacial score (nSPS) is 10.7. The topological polar surface area (TPSA) is 59.4 Å². The number of halogens is 1. The summed E-state index contributed by atoms with van der Waals surface area (Å²) >= 11 is 7.32. The number of rotatable bonds is 3. The van der Waals surface area contributed by atoms with Crippen LogP contribution < -0.4 is 0 Å². The summed E-state index contributed by atoms with van der Waals surface area (Å²) in [4.78, 5) is 0. The summed E-state index contributed by atoms with van der Waals surface area (Å²) < 4.78 is 2.04. The molecule has 0 spiro atoms. The van der Waals surface area contributed by atoms with Crippen LogP contribution in [-0.2, 0) is 0 Å². The Balaban J connectivity index is 1.94. The molecule has 1 aromatic carbocycles. The highest BCUT2D eigenvalue weighted by Gasteiger charge is 2.07. The van der Waals surface area contributed by atoms with Crippen molar-refractivity contribution in [1.29, 1.82) is 0 Å². The Morgan fingerprint density at radius 1 is 1.17 bits per heavy atom. The minimum absolute atomic E-state index is 0.587. The van der Waals surface area contributed by atoms with E-state index in [9.17, 15) is 0 Å². The average Bonchev–Trinajstić information content (AvgIpc) is 3.02. The van der Waals surface area contributed by atoms with Gasteiger partial charge >= 0.3 is 0 Å². The third-order valence-electron chi connectivity index (χ3n) is 2.34. The number of hydrogen-bond acceptors (Lipinski definition) is 4. The largest absolute Gasteiger partial charge is 0.311 e. The minimum Gasteiger partial charge on any atom is -0.311 e. The van der Waals surface area contributed by atoms with Crippen molar-refractivity contribution in [3.8, 4) is 5.69 Å². The van der Waals surface area contributed by atoms with Crippen molar-refractivity contribution < 1.29 is 0 Å². The number of nitrogens with zero attached hydrogens (tertiary/aromatic N) is 4. The molecule has 0 bridgehead atoms. The second-order valence-electron chi connectivity index (χ2n) is 3.49. The van der Waals surface area contributed by atoms with Gasteiger partial charge in [-0.1, -0.05) is 11.6 Å². The first-order valence-electron chi connectivity index (χ1n) is 5.17. The van der Waals surface area contributed by atoms with Crippen LogP contribution in [0.2, 0.25) is 5.02 Å². The van der Waals surface area contributed by atoms with Gasteiger partial charge in [-0.05, 0) is 53.4 Å². The van der Waals surface area contributed by atoms with E-state index in [0.29, 0.717) is 5.16 Å². The van der Waals surface area contributed by atoms with Crippen LogP contribution in [0.5, 0.6) is 0 Å². The van der Waals surface area contributed by atoms with E-state index in [2.05, 4.69) is 20.6 Å². The van der Waals surface area contributed by atoms with Crippen LogP contribution >= 0.6 is 23.4 Å². The van der Waals surface area contributed by atoms with Crippen molar-refractivity contribution in [3.05, 3.63) is 47.6 Å². The van der Waals surface area contributed by atoms with Crippen molar-refractivity contribution >= 4 is 23.4 Å². The average molecular weight is 278 g/mol. The lowest BCUT2D eigenvalue weighted by atomic mass is 10.3. The van der Waals surface area contributed by atoms with E-state index in [1.54, 1.807) is 0 Å². The molecule has 0 unspecified atom stereocenters. The second-order valence-corrected chi connectivity index (χ2v) is 4.91. The summed E-state index contributed by atoms with van der Waals surface area (Å²) in [6.45, 7) is 0. The van der Waals surface area contributed by atoms with Crippen LogP contribution in [0.4, 0.5) is 0 Å². The van der Waals surface area contributed by atoms with Gasteiger partial charge in [-0.3, -0.25) is 0 Å². The second kappa shape index (κ2) is 4.83. The predicted molar refractivity (Wildman–Crippen MR) is 69.1 cm³/mol. The fraction of sp³-hybridized carbons (Fsp3) is 0. The molecule has 0 saturated heterocycles. The molecule has 0 aliphatic carbocycles. The molecule has 3 aromatic rings. The van der Waals surface area contributed by atoms with E-state index in [-0.39, 0.29) is 0 Å². The van der Waals surface area contributed by atoms with Gasteiger partial charge in [-0.15, -0.1) is 10.2 Å². The van der Waals surface area contributed by atoms with Crippen LogP contribution in [0, 0.1) is 0 Å². The molecule has 7 heteroatoms. The van der Waals surface area contributed by atoms with Gasteiger partial charge in [0, 0.05) is 16.9 Å². The fourth-order valence-corrected chi connectivity index (χ4v) is 2.45. The lowest BCUT2D eigenvalue weighted by Gasteiger charge is -2.07. The molecule has 3 rings (SSSR count). The first kappa shape index (κ1) is 11.3. The lowest BCUT2D eigenvalue weighted by Crippen LogP contribution is -1.93. The predicted octanol–water partition coefficient (Wildman–Crippen LogP) is 2.79. The molecular formula is C11H8ClN5S. The van der Waals surface area contributed by atoms with Gasteiger partial charge in [0.05, 0.1) is 5.03 Å². The summed E-state index contributed by atoms with van der Waals surface area (Å²) in [5.74, 6) is 0. The fourth-order valence-electron chi connectivity index (χ4n) is 1.55. The van der Waals surface area contributed by atoms with Gasteiger partial charge in [0.2, 0.25) is 5.16 Å². The smallest absolute Gasteiger partial charge is 0.237 e. The highest BCUT2D eigenvalue weighted by atomic mass is 35.5. The van der Waals surface area contributed by atoms with E-state index in [1.165, 1.54) is 11.8 Å². The van der Waals surface area contributed by atoms with Crippen LogP contribution in [-0.4, -0.2) is 25.2 Å². The van der Waals surface area contributed by atoms with Gasteiger partial charge in [-0.25, -0.2) is 0 Å². The van der Waals surface area contributed by atoms with E-state index in [1.807, 2.05) is 47.2 Å². The van der Waals surface area contributed by atoms with E-state index >= 15 is 0 Å². The van der Waals surface area contributed by atoms with E-state index in [4.69, 9.17) is 11.6 Å². The highest BCUT2D eigenvalue weighted by Crippen LogP contribution is 2.27. The summed E-state index contributed by atoms with van der Waals surface area (Å²) in [7, 11) is 0. The molecule has 0 amide bonds. The quantitative estimate of drug-likeness (QED) is 0.800. The minimum atomic E-state index is 0.587. The molecule has 0 atom stereocenters. The van der Waals surface area contributed by atoms with Crippen LogP contribution in [0.1, 0.15) is 0 Å². The molecule has 1 N–H and O–H groups in total. The van der Waals surface area contributed by atoms with E-state index < -0.39 is 0 Å². The zero-order valence-electron chi connectivity index (χ0n) is 9.12. The summed E-state index contributed by atoms with van der Waals surface area (Å²) in [6.07, 6.45) is 1.98. The van der Waals surface area contributed by atoms with Crippen molar-refractivity contribution in [3.63, 3.8) is 0 Å². The Labute approximate surface area is 112 Å². The molecular weight excluding hydrogens is 270 g/mol. The van der Waals surface area contributed by atoms with E-state index in [0.717, 1.165) is 15.7 Å². The molecule has 90 valence electrons. The monoisotopic (exact) mass is 277 g/mol. The van der Waals surface area contributed by atoms with Gasteiger partial charge in [-0.2, -0.15) is 5.21 Å². The van der Waals surface area contributed by atoms with Gasteiger partial charge in [0.1, 0.15) is 0 Å². The summed E-state index contributed by atoms with van der Waals surface area (Å²) in [5.41, 5.74) is 1.04. The molecule has 2 heterocycles. The van der Waals surface area contributed by atoms with Crippen LogP contribution in [0.25, 0.3) is 5.69 Å². The Kier molecular flexibility index (Phi) is 3.04. The number of benzene rings is 1.